The number of methoxy groups -OCH3 is 1. The zero-order valence-electron chi connectivity index (χ0n) is 11.9. The number of nitrogens with one attached hydrogen (secondary N) is 1. The van der Waals surface area contributed by atoms with E-state index in [9.17, 15) is 9.90 Å². The van der Waals surface area contributed by atoms with Crippen molar-refractivity contribution in [2.45, 2.75) is 38.2 Å². The van der Waals surface area contributed by atoms with Crippen LogP contribution in [0.3, 0.4) is 0 Å². The third-order valence-electron chi connectivity index (χ3n) is 4.37. The van der Waals surface area contributed by atoms with E-state index in [1.54, 1.807) is 7.11 Å². The first-order valence-corrected chi connectivity index (χ1v) is 7.30. The molecule has 1 heterocycles. The summed E-state index contributed by atoms with van der Waals surface area (Å²) in [6.45, 7) is 3.39. The van der Waals surface area contributed by atoms with Crippen LogP contribution >= 0.6 is 0 Å². The van der Waals surface area contributed by atoms with Gasteiger partial charge < -0.3 is 15.2 Å². The molecule has 110 valence electrons. The van der Waals surface area contributed by atoms with Gasteiger partial charge in [-0.25, -0.2) is 0 Å². The highest BCUT2D eigenvalue weighted by molar-refractivity contribution is 5.78. The molecule has 1 aliphatic carbocycles. The van der Waals surface area contributed by atoms with Crippen molar-refractivity contribution in [2.24, 2.45) is 5.41 Å². The fraction of sp³-hybridized carbons (Fsp3) is 0.929. The van der Waals surface area contributed by atoms with E-state index in [0.717, 1.165) is 45.4 Å². The maximum atomic E-state index is 11.9. The molecule has 0 bridgehead atoms. The van der Waals surface area contributed by atoms with Crippen molar-refractivity contribution in [1.29, 1.82) is 0 Å². The van der Waals surface area contributed by atoms with Crippen molar-refractivity contribution in [3.63, 3.8) is 0 Å². The minimum absolute atomic E-state index is 0.0662. The van der Waals surface area contributed by atoms with Gasteiger partial charge in [0.25, 0.3) is 0 Å². The Kier molecular flexibility index (Phi) is 5.19. The Bertz CT molecular complexity index is 305. The van der Waals surface area contributed by atoms with Crippen LogP contribution in [-0.2, 0) is 9.53 Å². The summed E-state index contributed by atoms with van der Waals surface area (Å²) in [5.41, 5.74) is 0.172. The molecule has 0 spiro atoms. The number of piperidine rings is 1. The SMILES string of the molecule is COCC1(CNC(=O)CN2CCC[C@H](O)C2)CCC1. The molecule has 1 amide bonds. The van der Waals surface area contributed by atoms with Gasteiger partial charge in [0.2, 0.25) is 5.91 Å². The molecule has 1 saturated heterocycles. The Hall–Kier alpha value is -0.650. The first kappa shape index (κ1) is 14.8. The molecule has 2 N–H and O–H groups in total. The van der Waals surface area contributed by atoms with Crippen molar-refractivity contribution in [3.05, 3.63) is 0 Å². The quantitative estimate of drug-likeness (QED) is 0.732. The highest BCUT2D eigenvalue weighted by atomic mass is 16.5. The number of nitrogens with zero attached hydrogens (tertiary/aromatic N) is 1. The minimum atomic E-state index is -0.270. The van der Waals surface area contributed by atoms with Crippen LogP contribution in [0.15, 0.2) is 0 Å². The van der Waals surface area contributed by atoms with Gasteiger partial charge in [-0.3, -0.25) is 9.69 Å². The number of amides is 1. The van der Waals surface area contributed by atoms with E-state index in [1.165, 1.54) is 6.42 Å². The van der Waals surface area contributed by atoms with E-state index < -0.39 is 0 Å². The molecule has 0 aromatic rings. The summed E-state index contributed by atoms with van der Waals surface area (Å²) in [5.74, 6) is 0.0662. The third kappa shape index (κ3) is 4.16. The largest absolute Gasteiger partial charge is 0.392 e. The molecule has 1 saturated carbocycles. The van der Waals surface area contributed by atoms with Gasteiger partial charge in [0.1, 0.15) is 0 Å². The molecule has 0 aromatic carbocycles. The summed E-state index contributed by atoms with van der Waals surface area (Å²) in [6, 6.07) is 0. The summed E-state index contributed by atoms with van der Waals surface area (Å²) >= 11 is 0. The molecule has 2 fully saturated rings. The van der Waals surface area contributed by atoms with Crippen LogP contribution in [-0.4, -0.2) is 61.9 Å². The Morgan fingerprint density at radius 1 is 1.47 bits per heavy atom. The van der Waals surface area contributed by atoms with Gasteiger partial charge in [-0.2, -0.15) is 0 Å². The number of aliphatic hydroxyl groups is 1. The molecule has 0 radical (unpaired) electrons. The van der Waals surface area contributed by atoms with Crippen molar-refractivity contribution < 1.29 is 14.6 Å². The zero-order chi connectivity index (χ0) is 13.7. The zero-order valence-corrected chi connectivity index (χ0v) is 11.9. The van der Waals surface area contributed by atoms with Crippen LogP contribution in [0.5, 0.6) is 0 Å². The molecule has 2 aliphatic rings. The molecule has 0 aromatic heterocycles. The lowest BCUT2D eigenvalue weighted by atomic mass is 9.69. The van der Waals surface area contributed by atoms with E-state index in [1.807, 2.05) is 4.90 Å². The normalized spacial score (nSPS) is 26.7. The lowest BCUT2D eigenvalue weighted by molar-refractivity contribution is -0.124. The average molecular weight is 270 g/mol. The number of hydrogen-bond acceptors (Lipinski definition) is 4. The van der Waals surface area contributed by atoms with E-state index in [0.29, 0.717) is 13.1 Å². The monoisotopic (exact) mass is 270 g/mol. The highest BCUT2D eigenvalue weighted by Gasteiger charge is 2.37. The molecule has 5 nitrogen and oxygen atoms in total. The maximum absolute atomic E-state index is 11.9. The molecular weight excluding hydrogens is 244 g/mol. The number of ether oxygens (including phenoxy) is 1. The van der Waals surface area contributed by atoms with Gasteiger partial charge >= 0.3 is 0 Å². The third-order valence-corrected chi connectivity index (χ3v) is 4.37. The smallest absolute Gasteiger partial charge is 0.234 e. The minimum Gasteiger partial charge on any atom is -0.392 e. The van der Waals surface area contributed by atoms with Crippen LogP contribution in [0.4, 0.5) is 0 Å². The van der Waals surface area contributed by atoms with Gasteiger partial charge in [-0.05, 0) is 32.2 Å². The van der Waals surface area contributed by atoms with Gasteiger partial charge in [0.05, 0.1) is 19.3 Å². The molecule has 1 atom stereocenters. The summed E-state index contributed by atoms with van der Waals surface area (Å²) < 4.78 is 5.25. The van der Waals surface area contributed by atoms with Crippen LogP contribution in [0.2, 0.25) is 0 Å². The standard InChI is InChI=1S/C14H26N2O3/c1-19-11-14(5-3-6-14)10-15-13(18)9-16-7-2-4-12(17)8-16/h12,17H,2-11H2,1H3,(H,15,18)/t12-/m0/s1. The van der Waals surface area contributed by atoms with Gasteiger partial charge in [0.15, 0.2) is 0 Å². The Labute approximate surface area is 115 Å². The van der Waals surface area contributed by atoms with Crippen LogP contribution in [0.25, 0.3) is 0 Å². The average Bonchev–Trinajstić information content (AvgIpc) is 2.32. The van der Waals surface area contributed by atoms with Crippen molar-refractivity contribution in [1.82, 2.24) is 10.2 Å². The predicted molar refractivity (Wildman–Crippen MR) is 72.9 cm³/mol. The molecule has 0 unspecified atom stereocenters. The van der Waals surface area contributed by atoms with Crippen molar-refractivity contribution >= 4 is 5.91 Å². The molecule has 19 heavy (non-hydrogen) atoms. The second-order valence-corrected chi connectivity index (χ2v) is 6.09. The van der Waals surface area contributed by atoms with Gasteiger partial charge in [-0.15, -0.1) is 0 Å². The summed E-state index contributed by atoms with van der Waals surface area (Å²) in [7, 11) is 1.72. The first-order valence-electron chi connectivity index (χ1n) is 7.30. The molecule has 5 heteroatoms. The van der Waals surface area contributed by atoms with Crippen LogP contribution in [0, 0.1) is 5.41 Å². The molecular formula is C14H26N2O3. The van der Waals surface area contributed by atoms with E-state index in [2.05, 4.69) is 5.32 Å². The molecule has 1 aliphatic heterocycles. The number of hydrogen-bond donors (Lipinski definition) is 2. The van der Waals surface area contributed by atoms with Crippen molar-refractivity contribution in [2.75, 3.05) is 39.9 Å². The highest BCUT2D eigenvalue weighted by Crippen LogP contribution is 2.40. The Morgan fingerprint density at radius 2 is 2.26 bits per heavy atom. The second kappa shape index (κ2) is 6.68. The fourth-order valence-corrected chi connectivity index (χ4v) is 3.07. The van der Waals surface area contributed by atoms with Gasteiger partial charge in [0, 0.05) is 25.6 Å². The predicted octanol–water partition coefficient (Wildman–Crippen LogP) is 0.376. The van der Waals surface area contributed by atoms with E-state index in [4.69, 9.17) is 4.74 Å². The number of carbonyl (C=O) groups excluding carboxylic acids is 1. The van der Waals surface area contributed by atoms with Gasteiger partial charge in [-0.1, -0.05) is 6.42 Å². The number of rotatable bonds is 6. The lowest BCUT2D eigenvalue weighted by Gasteiger charge is -2.41. The number of aliphatic hydroxyl groups excluding tert-OH is 1. The number of likely N-dealkylation sites (tertiary alicyclic amines) is 1. The fourth-order valence-electron chi connectivity index (χ4n) is 3.07. The Morgan fingerprint density at radius 3 is 2.84 bits per heavy atom. The maximum Gasteiger partial charge on any atom is 0.234 e. The number of β-amino-alcohol motifs (C(OH)–C–C–N with tert-alkyl or cyclic N) is 1. The summed E-state index contributed by atoms with van der Waals surface area (Å²) in [4.78, 5) is 14.0. The number of carbonyl (C=O) groups is 1. The van der Waals surface area contributed by atoms with E-state index >= 15 is 0 Å². The summed E-state index contributed by atoms with van der Waals surface area (Å²) in [6.07, 6.45) is 5.08. The van der Waals surface area contributed by atoms with E-state index in [-0.39, 0.29) is 17.4 Å². The lowest BCUT2D eigenvalue weighted by Crippen LogP contribution is -2.49. The Balaban J connectivity index is 1.69. The first-order chi connectivity index (χ1) is 9.13. The molecule has 2 rings (SSSR count). The summed E-state index contributed by atoms with van der Waals surface area (Å²) in [5, 5.41) is 12.6. The topological polar surface area (TPSA) is 61.8 Å². The van der Waals surface area contributed by atoms with Crippen LogP contribution in [0.1, 0.15) is 32.1 Å². The second-order valence-electron chi connectivity index (χ2n) is 6.09. The van der Waals surface area contributed by atoms with Crippen LogP contribution < -0.4 is 5.32 Å². The van der Waals surface area contributed by atoms with Crippen molar-refractivity contribution in [3.8, 4) is 0 Å².